The molecule has 6 heteroatoms. The molecule has 0 spiro atoms. The molecule has 0 bridgehead atoms. The summed E-state index contributed by atoms with van der Waals surface area (Å²) < 4.78 is 5.17. The van der Waals surface area contributed by atoms with Crippen LogP contribution < -0.4 is 16.0 Å². The number of nitrogens with two attached hydrogens (primary N) is 1. The summed E-state index contributed by atoms with van der Waals surface area (Å²) in [5.74, 6) is -0.0668. The number of rotatable bonds is 2. The number of benzene rings is 1. The lowest BCUT2D eigenvalue weighted by Crippen LogP contribution is -2.33. The van der Waals surface area contributed by atoms with Crippen molar-refractivity contribution in [1.29, 1.82) is 0 Å². The van der Waals surface area contributed by atoms with Gasteiger partial charge in [-0.15, -0.1) is 0 Å². The summed E-state index contributed by atoms with van der Waals surface area (Å²) in [7, 11) is 0. The average molecular weight is 291 g/mol. The maximum atomic E-state index is 11.8. The highest BCUT2D eigenvalue weighted by Crippen LogP contribution is 2.23. The molecule has 6 nitrogen and oxygen atoms in total. The number of nitrogens with one attached hydrogen (secondary N) is 1. The zero-order valence-corrected chi connectivity index (χ0v) is 12.6. The lowest BCUT2D eigenvalue weighted by atomic mass is 10.2. The number of carbonyl (C=O) groups is 2. The van der Waals surface area contributed by atoms with E-state index in [2.05, 4.69) is 5.32 Å². The number of anilines is 2. The van der Waals surface area contributed by atoms with Gasteiger partial charge >= 0.3 is 6.09 Å². The van der Waals surface area contributed by atoms with Gasteiger partial charge in [-0.1, -0.05) is 0 Å². The zero-order chi connectivity index (χ0) is 15.6. The number of ether oxygens (including phenoxy) is 1. The molecule has 1 heterocycles. The molecule has 1 fully saturated rings. The molecule has 1 unspecified atom stereocenters. The molecule has 1 saturated heterocycles. The van der Waals surface area contributed by atoms with Gasteiger partial charge in [0.15, 0.2) is 0 Å². The van der Waals surface area contributed by atoms with Crippen molar-refractivity contribution < 1.29 is 14.3 Å². The Labute approximate surface area is 124 Å². The van der Waals surface area contributed by atoms with Crippen molar-refractivity contribution in [2.45, 2.75) is 38.8 Å². The first-order chi connectivity index (χ1) is 9.76. The van der Waals surface area contributed by atoms with Crippen LogP contribution in [0.4, 0.5) is 16.2 Å². The van der Waals surface area contributed by atoms with Gasteiger partial charge in [0.2, 0.25) is 5.91 Å². The smallest absolute Gasteiger partial charge is 0.412 e. The monoisotopic (exact) mass is 291 g/mol. The Kier molecular flexibility index (Phi) is 4.18. The predicted octanol–water partition coefficient (Wildman–Crippen LogP) is 2.10. The largest absolute Gasteiger partial charge is 0.444 e. The van der Waals surface area contributed by atoms with E-state index >= 15 is 0 Å². The molecular weight excluding hydrogens is 270 g/mol. The molecular formula is C15H21N3O3. The van der Waals surface area contributed by atoms with E-state index in [0.29, 0.717) is 18.7 Å². The van der Waals surface area contributed by atoms with Crippen molar-refractivity contribution in [3.63, 3.8) is 0 Å². The number of carbonyl (C=O) groups excluding carboxylic acids is 2. The molecule has 1 aliphatic rings. The lowest BCUT2D eigenvalue weighted by Gasteiger charge is -2.20. The number of hydrogen-bond acceptors (Lipinski definition) is 4. The Morgan fingerprint density at radius 3 is 2.43 bits per heavy atom. The SMILES string of the molecule is CC(C)(C)OC(=O)Nc1ccc(N2CCC(N)C2=O)cc1. The molecule has 2 rings (SSSR count). The van der Waals surface area contributed by atoms with Gasteiger partial charge in [0.25, 0.3) is 0 Å². The fourth-order valence-corrected chi connectivity index (χ4v) is 2.10. The highest BCUT2D eigenvalue weighted by molar-refractivity contribution is 5.99. The minimum absolute atomic E-state index is 0.0668. The van der Waals surface area contributed by atoms with Crippen molar-refractivity contribution in [3.05, 3.63) is 24.3 Å². The molecule has 3 N–H and O–H groups in total. The third-order valence-electron chi connectivity index (χ3n) is 3.07. The van der Waals surface area contributed by atoms with E-state index in [0.717, 1.165) is 5.69 Å². The Morgan fingerprint density at radius 2 is 1.95 bits per heavy atom. The average Bonchev–Trinajstić information content (AvgIpc) is 2.69. The third kappa shape index (κ3) is 3.95. The van der Waals surface area contributed by atoms with E-state index in [1.165, 1.54) is 0 Å². The van der Waals surface area contributed by atoms with Gasteiger partial charge in [-0.05, 0) is 51.5 Å². The number of nitrogens with zero attached hydrogens (tertiary/aromatic N) is 1. The lowest BCUT2D eigenvalue weighted by molar-refractivity contribution is -0.118. The van der Waals surface area contributed by atoms with E-state index in [-0.39, 0.29) is 5.91 Å². The number of hydrogen-bond donors (Lipinski definition) is 2. The molecule has 21 heavy (non-hydrogen) atoms. The molecule has 2 amide bonds. The van der Waals surface area contributed by atoms with Gasteiger partial charge in [0.1, 0.15) is 5.60 Å². The van der Waals surface area contributed by atoms with Crippen LogP contribution in [0, 0.1) is 0 Å². The maximum Gasteiger partial charge on any atom is 0.412 e. The Balaban J connectivity index is 2.00. The minimum atomic E-state index is -0.540. The van der Waals surface area contributed by atoms with Crippen LogP contribution in [0.15, 0.2) is 24.3 Å². The van der Waals surface area contributed by atoms with Crippen LogP contribution in [0.25, 0.3) is 0 Å². The fourth-order valence-electron chi connectivity index (χ4n) is 2.10. The van der Waals surface area contributed by atoms with Crippen molar-refractivity contribution >= 4 is 23.4 Å². The minimum Gasteiger partial charge on any atom is -0.444 e. The highest BCUT2D eigenvalue weighted by Gasteiger charge is 2.29. The van der Waals surface area contributed by atoms with E-state index in [4.69, 9.17) is 10.5 Å². The van der Waals surface area contributed by atoms with Gasteiger partial charge in [0.05, 0.1) is 6.04 Å². The highest BCUT2D eigenvalue weighted by atomic mass is 16.6. The Morgan fingerprint density at radius 1 is 1.33 bits per heavy atom. The fraction of sp³-hybridized carbons (Fsp3) is 0.467. The van der Waals surface area contributed by atoms with Crippen LogP contribution in [0.2, 0.25) is 0 Å². The first kappa shape index (κ1) is 15.3. The second kappa shape index (κ2) is 5.73. The van der Waals surface area contributed by atoms with E-state index < -0.39 is 17.7 Å². The second-order valence-corrected chi connectivity index (χ2v) is 6.06. The van der Waals surface area contributed by atoms with E-state index in [1.807, 2.05) is 0 Å². The van der Waals surface area contributed by atoms with Crippen molar-refractivity contribution in [2.24, 2.45) is 5.73 Å². The van der Waals surface area contributed by atoms with Crippen molar-refractivity contribution in [2.75, 3.05) is 16.8 Å². The second-order valence-electron chi connectivity index (χ2n) is 6.06. The van der Waals surface area contributed by atoms with Crippen molar-refractivity contribution in [3.8, 4) is 0 Å². The van der Waals surface area contributed by atoms with Crippen LogP contribution in [-0.2, 0) is 9.53 Å². The van der Waals surface area contributed by atoms with Crippen molar-refractivity contribution in [1.82, 2.24) is 0 Å². The standard InChI is InChI=1S/C15H21N3O3/c1-15(2,3)21-14(20)17-10-4-6-11(7-5-10)18-9-8-12(16)13(18)19/h4-7,12H,8-9,16H2,1-3H3,(H,17,20). The molecule has 0 aliphatic carbocycles. The van der Waals surface area contributed by atoms with Crippen LogP contribution in [0.5, 0.6) is 0 Å². The van der Waals surface area contributed by atoms with Crippen LogP contribution >= 0.6 is 0 Å². The summed E-state index contributed by atoms with van der Waals surface area (Å²) in [5, 5.41) is 2.65. The normalized spacial score (nSPS) is 18.8. The summed E-state index contributed by atoms with van der Waals surface area (Å²) >= 11 is 0. The van der Waals surface area contributed by atoms with E-state index in [9.17, 15) is 9.59 Å². The molecule has 1 aliphatic heterocycles. The maximum absolute atomic E-state index is 11.8. The number of amides is 2. The summed E-state index contributed by atoms with van der Waals surface area (Å²) in [6, 6.07) is 6.61. The molecule has 1 aromatic carbocycles. The first-order valence-electron chi connectivity index (χ1n) is 6.93. The molecule has 1 atom stereocenters. The summed E-state index contributed by atoms with van der Waals surface area (Å²) in [6.07, 6.45) is 0.158. The van der Waals surface area contributed by atoms with Crippen LogP contribution in [0.1, 0.15) is 27.2 Å². The summed E-state index contributed by atoms with van der Waals surface area (Å²) in [4.78, 5) is 25.1. The molecule has 0 aromatic heterocycles. The van der Waals surface area contributed by atoms with Gasteiger partial charge in [-0.2, -0.15) is 0 Å². The van der Waals surface area contributed by atoms with Crippen LogP contribution in [-0.4, -0.2) is 30.2 Å². The zero-order valence-electron chi connectivity index (χ0n) is 12.6. The van der Waals surface area contributed by atoms with E-state index in [1.54, 1.807) is 49.9 Å². The predicted molar refractivity (Wildman–Crippen MR) is 81.2 cm³/mol. The topological polar surface area (TPSA) is 84.7 Å². The van der Waals surface area contributed by atoms with Gasteiger partial charge in [-0.25, -0.2) is 4.79 Å². The molecule has 0 saturated carbocycles. The Hall–Kier alpha value is -2.08. The molecule has 114 valence electrons. The third-order valence-corrected chi connectivity index (χ3v) is 3.07. The van der Waals surface area contributed by atoms with Gasteiger partial charge in [-0.3, -0.25) is 10.1 Å². The Bertz CT molecular complexity index is 534. The molecule has 1 aromatic rings. The molecule has 0 radical (unpaired) electrons. The van der Waals surface area contributed by atoms with Gasteiger partial charge < -0.3 is 15.4 Å². The summed E-state index contributed by atoms with van der Waals surface area (Å²) in [6.45, 7) is 6.03. The van der Waals surface area contributed by atoms with Crippen LogP contribution in [0.3, 0.4) is 0 Å². The quantitative estimate of drug-likeness (QED) is 0.874. The summed E-state index contributed by atoms with van der Waals surface area (Å²) in [5.41, 5.74) is 6.55. The van der Waals surface area contributed by atoms with Gasteiger partial charge in [0, 0.05) is 17.9 Å². The first-order valence-corrected chi connectivity index (χ1v) is 6.93.